The Balaban J connectivity index is 1.52. The van der Waals surface area contributed by atoms with Crippen LogP contribution in [0.5, 0.6) is 5.75 Å². The largest absolute Gasteiger partial charge is 0.492 e. The first kappa shape index (κ1) is 21.1. The van der Waals surface area contributed by atoms with Gasteiger partial charge in [-0.3, -0.25) is 0 Å². The number of rotatable bonds is 7. The smallest absolute Gasteiger partial charge is 0.319 e. The molecule has 0 bridgehead atoms. The first-order chi connectivity index (χ1) is 14.1. The third kappa shape index (κ3) is 6.20. The molecule has 2 aromatic rings. The SMILES string of the molecule is O=C(NCCOc1ccccc1)Nc1cccc(S(=O)(=O)N2CCCCCC2)c1. The molecule has 0 spiro atoms. The van der Waals surface area contributed by atoms with Crippen molar-refractivity contribution in [1.29, 1.82) is 0 Å². The maximum Gasteiger partial charge on any atom is 0.319 e. The number of sulfonamides is 1. The standard InChI is InChI=1S/C21H27N3O4S/c25-21(22-13-16-28-19-10-4-3-5-11-19)23-18-9-8-12-20(17-18)29(26,27)24-14-6-1-2-7-15-24/h3-5,8-12,17H,1-2,6-7,13-16H2,(H2,22,23,25). The highest BCUT2D eigenvalue weighted by atomic mass is 32.2. The summed E-state index contributed by atoms with van der Waals surface area (Å²) in [4.78, 5) is 12.3. The monoisotopic (exact) mass is 417 g/mol. The van der Waals surface area contributed by atoms with Crippen LogP contribution in [-0.4, -0.2) is 45.0 Å². The van der Waals surface area contributed by atoms with E-state index in [1.807, 2.05) is 30.3 Å². The van der Waals surface area contributed by atoms with Crippen LogP contribution in [0, 0.1) is 0 Å². The van der Waals surface area contributed by atoms with Crippen LogP contribution < -0.4 is 15.4 Å². The van der Waals surface area contributed by atoms with Crippen molar-refractivity contribution in [2.24, 2.45) is 0 Å². The third-order valence-corrected chi connectivity index (χ3v) is 6.59. The van der Waals surface area contributed by atoms with Crippen LogP contribution in [-0.2, 0) is 10.0 Å². The molecular formula is C21H27N3O4S. The lowest BCUT2D eigenvalue weighted by Crippen LogP contribution is -2.33. The number of carbonyl (C=O) groups excluding carboxylic acids is 1. The van der Waals surface area contributed by atoms with Gasteiger partial charge in [-0.1, -0.05) is 37.1 Å². The van der Waals surface area contributed by atoms with Crippen LogP contribution in [0.15, 0.2) is 59.5 Å². The zero-order valence-electron chi connectivity index (χ0n) is 16.3. The van der Waals surface area contributed by atoms with Crippen LogP contribution in [0.25, 0.3) is 0 Å². The molecule has 0 atom stereocenters. The van der Waals surface area contributed by atoms with Gasteiger partial charge in [-0.05, 0) is 43.2 Å². The van der Waals surface area contributed by atoms with Crippen LogP contribution in [0.4, 0.5) is 10.5 Å². The van der Waals surface area contributed by atoms with Gasteiger partial charge in [0, 0.05) is 18.8 Å². The number of nitrogens with zero attached hydrogens (tertiary/aromatic N) is 1. The number of nitrogens with one attached hydrogen (secondary N) is 2. The molecule has 8 heteroatoms. The molecule has 0 unspecified atom stereocenters. The maximum absolute atomic E-state index is 12.9. The fraction of sp³-hybridized carbons (Fsp3) is 0.381. The molecule has 1 heterocycles. The van der Waals surface area contributed by atoms with Gasteiger partial charge in [-0.15, -0.1) is 0 Å². The lowest BCUT2D eigenvalue weighted by atomic mass is 10.2. The molecule has 1 fully saturated rings. The van der Waals surface area contributed by atoms with Crippen molar-refractivity contribution in [2.75, 3.05) is 31.6 Å². The lowest BCUT2D eigenvalue weighted by Gasteiger charge is -2.20. The van der Waals surface area contributed by atoms with E-state index < -0.39 is 16.1 Å². The van der Waals surface area contributed by atoms with Gasteiger partial charge in [0.05, 0.1) is 11.4 Å². The van der Waals surface area contributed by atoms with Crippen molar-refractivity contribution >= 4 is 21.7 Å². The Morgan fingerprint density at radius 1 is 0.966 bits per heavy atom. The number of benzene rings is 2. The van der Waals surface area contributed by atoms with Gasteiger partial charge in [-0.25, -0.2) is 13.2 Å². The van der Waals surface area contributed by atoms with Gasteiger partial charge in [0.25, 0.3) is 0 Å². The van der Waals surface area contributed by atoms with Gasteiger partial charge >= 0.3 is 6.03 Å². The maximum atomic E-state index is 12.9. The summed E-state index contributed by atoms with van der Waals surface area (Å²) in [7, 11) is -3.55. The van der Waals surface area contributed by atoms with E-state index >= 15 is 0 Å². The van der Waals surface area contributed by atoms with Crippen LogP contribution in [0.3, 0.4) is 0 Å². The Hall–Kier alpha value is -2.58. The van der Waals surface area contributed by atoms with Crippen molar-refractivity contribution in [3.63, 3.8) is 0 Å². The third-order valence-electron chi connectivity index (χ3n) is 4.69. The molecule has 156 valence electrons. The Labute approximate surface area is 172 Å². The average molecular weight is 418 g/mol. The minimum absolute atomic E-state index is 0.199. The number of para-hydroxylation sites is 1. The number of hydrogen-bond donors (Lipinski definition) is 2. The molecule has 7 nitrogen and oxygen atoms in total. The number of hydrogen-bond acceptors (Lipinski definition) is 4. The van der Waals surface area contributed by atoms with E-state index in [1.165, 1.54) is 6.07 Å². The van der Waals surface area contributed by atoms with Crippen LogP contribution >= 0.6 is 0 Å². The van der Waals surface area contributed by atoms with Crippen molar-refractivity contribution < 1.29 is 17.9 Å². The molecule has 2 aromatic carbocycles. The highest BCUT2D eigenvalue weighted by Gasteiger charge is 2.25. The fourth-order valence-electron chi connectivity index (χ4n) is 3.19. The molecule has 1 aliphatic heterocycles. The Bertz CT molecular complexity index is 895. The predicted octanol–water partition coefficient (Wildman–Crippen LogP) is 3.45. The van der Waals surface area contributed by atoms with Gasteiger partial charge in [0.1, 0.15) is 12.4 Å². The summed E-state index contributed by atoms with van der Waals surface area (Å²) in [5.41, 5.74) is 0.433. The zero-order valence-corrected chi connectivity index (χ0v) is 17.2. The first-order valence-corrected chi connectivity index (χ1v) is 11.3. The predicted molar refractivity (Wildman–Crippen MR) is 113 cm³/mol. The second kappa shape index (κ2) is 10.3. The molecular weight excluding hydrogens is 390 g/mol. The molecule has 0 radical (unpaired) electrons. The summed E-state index contributed by atoms with van der Waals surface area (Å²) in [5.74, 6) is 0.737. The van der Waals surface area contributed by atoms with Gasteiger partial charge in [0.15, 0.2) is 0 Å². The normalized spacial score (nSPS) is 15.3. The first-order valence-electron chi connectivity index (χ1n) is 9.89. The summed E-state index contributed by atoms with van der Waals surface area (Å²) >= 11 is 0. The quantitative estimate of drug-likeness (QED) is 0.676. The molecule has 3 rings (SSSR count). The topological polar surface area (TPSA) is 87.7 Å². The minimum Gasteiger partial charge on any atom is -0.492 e. The Kier molecular flexibility index (Phi) is 7.48. The number of amides is 2. The number of urea groups is 1. The van der Waals surface area contributed by atoms with Crippen molar-refractivity contribution in [1.82, 2.24) is 9.62 Å². The highest BCUT2D eigenvalue weighted by Crippen LogP contribution is 2.22. The fourth-order valence-corrected chi connectivity index (χ4v) is 4.75. The van der Waals surface area contributed by atoms with Gasteiger partial charge in [0.2, 0.25) is 10.0 Å². The zero-order chi connectivity index (χ0) is 20.5. The summed E-state index contributed by atoms with van der Waals surface area (Å²) in [6.45, 7) is 1.75. The molecule has 29 heavy (non-hydrogen) atoms. The van der Waals surface area contributed by atoms with Crippen molar-refractivity contribution in [3.8, 4) is 5.75 Å². The van der Waals surface area contributed by atoms with E-state index in [9.17, 15) is 13.2 Å². The molecule has 2 N–H and O–H groups in total. The Morgan fingerprint density at radius 2 is 1.69 bits per heavy atom. The molecule has 1 aliphatic rings. The second-order valence-electron chi connectivity index (χ2n) is 6.89. The number of ether oxygens (including phenoxy) is 1. The van der Waals surface area contributed by atoms with Crippen molar-refractivity contribution in [3.05, 3.63) is 54.6 Å². The molecule has 1 saturated heterocycles. The second-order valence-corrected chi connectivity index (χ2v) is 8.83. The van der Waals surface area contributed by atoms with E-state index in [0.717, 1.165) is 31.4 Å². The van der Waals surface area contributed by atoms with Crippen LogP contribution in [0.1, 0.15) is 25.7 Å². The van der Waals surface area contributed by atoms with E-state index in [0.29, 0.717) is 31.9 Å². The van der Waals surface area contributed by atoms with E-state index in [2.05, 4.69) is 10.6 Å². The van der Waals surface area contributed by atoms with Crippen LogP contribution in [0.2, 0.25) is 0 Å². The average Bonchev–Trinajstić information content (AvgIpc) is 3.02. The van der Waals surface area contributed by atoms with Gasteiger partial charge in [-0.2, -0.15) is 4.31 Å². The van der Waals surface area contributed by atoms with E-state index in [-0.39, 0.29) is 4.90 Å². The summed E-state index contributed by atoms with van der Waals surface area (Å²) in [6.07, 6.45) is 3.87. The molecule has 0 aromatic heterocycles. The van der Waals surface area contributed by atoms with E-state index in [4.69, 9.17) is 4.74 Å². The molecule has 0 aliphatic carbocycles. The Morgan fingerprint density at radius 3 is 2.41 bits per heavy atom. The van der Waals surface area contributed by atoms with E-state index in [1.54, 1.807) is 22.5 Å². The number of carbonyl (C=O) groups is 1. The number of anilines is 1. The van der Waals surface area contributed by atoms with Gasteiger partial charge < -0.3 is 15.4 Å². The summed E-state index contributed by atoms with van der Waals surface area (Å²) in [5, 5.41) is 5.38. The molecule has 2 amide bonds. The highest BCUT2D eigenvalue weighted by molar-refractivity contribution is 7.89. The van der Waals surface area contributed by atoms with Crippen molar-refractivity contribution in [2.45, 2.75) is 30.6 Å². The summed E-state index contributed by atoms with van der Waals surface area (Å²) in [6, 6.07) is 15.3. The minimum atomic E-state index is -3.55. The summed E-state index contributed by atoms with van der Waals surface area (Å²) < 4.78 is 32.9. The molecule has 0 saturated carbocycles. The lowest BCUT2D eigenvalue weighted by molar-refractivity contribution is 0.247.